The van der Waals surface area contributed by atoms with Crippen LogP contribution in [0.15, 0.2) is 0 Å². The number of carbonyl (C=O) groups is 2. The molecule has 0 spiro atoms. The molecule has 3 aliphatic rings. The van der Waals surface area contributed by atoms with Gasteiger partial charge in [-0.2, -0.15) is 5.10 Å². The highest BCUT2D eigenvalue weighted by atomic mass is 16.5. The minimum absolute atomic E-state index is 0.0613. The molecule has 1 aliphatic carbocycles. The number of carbonyl (C=O) groups excluding carboxylic acids is 2. The first-order valence-electron chi connectivity index (χ1n) is 9.23. The summed E-state index contributed by atoms with van der Waals surface area (Å²) in [5.74, 6) is 2.04. The highest BCUT2D eigenvalue weighted by Gasteiger charge is 2.40. The lowest BCUT2D eigenvalue weighted by molar-refractivity contribution is -0.143. The van der Waals surface area contributed by atoms with E-state index in [1.807, 2.05) is 16.7 Å². The van der Waals surface area contributed by atoms with E-state index < -0.39 is 0 Å². The summed E-state index contributed by atoms with van der Waals surface area (Å²) in [5, 5.41) is 7.10. The number of nitrogens with zero attached hydrogens (tertiary/aromatic N) is 4. The Hall–Kier alpha value is -1.96. The van der Waals surface area contributed by atoms with Gasteiger partial charge in [0.2, 0.25) is 11.8 Å². The number of aromatic amines is 1. The van der Waals surface area contributed by atoms with Crippen LogP contribution in [0, 0.1) is 11.8 Å². The lowest BCUT2D eigenvalue weighted by Gasteiger charge is -2.33. The standard InChI is InChI=1S/C17H25N5O3/c1-2-14-18-16(20-19-14)13-10-21(5-6-25-13)17(24)12-7-15(23)22(9-12)8-11-3-4-11/h11-13H,2-10H2,1H3,(H,18,19,20)/t12-,13-/m1/s1. The third kappa shape index (κ3) is 3.53. The van der Waals surface area contributed by atoms with Crippen molar-refractivity contribution >= 4 is 11.8 Å². The molecule has 0 unspecified atom stereocenters. The first kappa shape index (κ1) is 16.5. The zero-order valence-corrected chi connectivity index (χ0v) is 14.6. The largest absolute Gasteiger partial charge is 0.366 e. The van der Waals surface area contributed by atoms with Gasteiger partial charge >= 0.3 is 0 Å². The van der Waals surface area contributed by atoms with Crippen molar-refractivity contribution in [2.24, 2.45) is 11.8 Å². The van der Waals surface area contributed by atoms with E-state index in [4.69, 9.17) is 4.74 Å². The number of hydrogen-bond donors (Lipinski definition) is 1. The highest BCUT2D eigenvalue weighted by molar-refractivity contribution is 5.89. The van der Waals surface area contributed by atoms with E-state index >= 15 is 0 Å². The quantitative estimate of drug-likeness (QED) is 0.839. The van der Waals surface area contributed by atoms with E-state index in [1.165, 1.54) is 12.8 Å². The average Bonchev–Trinajstić information content (AvgIpc) is 3.18. The molecule has 0 bridgehead atoms. The van der Waals surface area contributed by atoms with Gasteiger partial charge in [-0.1, -0.05) is 6.92 Å². The van der Waals surface area contributed by atoms with Gasteiger partial charge in [0.1, 0.15) is 11.9 Å². The molecule has 136 valence electrons. The summed E-state index contributed by atoms with van der Waals surface area (Å²) in [4.78, 5) is 33.1. The second kappa shape index (κ2) is 6.74. The van der Waals surface area contributed by atoms with Crippen LogP contribution in [0.2, 0.25) is 0 Å². The van der Waals surface area contributed by atoms with Crippen molar-refractivity contribution in [2.45, 2.75) is 38.7 Å². The molecule has 2 amide bonds. The molecule has 1 N–H and O–H groups in total. The Morgan fingerprint density at radius 3 is 2.92 bits per heavy atom. The topological polar surface area (TPSA) is 91.4 Å². The number of nitrogens with one attached hydrogen (secondary N) is 1. The molecule has 2 aliphatic heterocycles. The van der Waals surface area contributed by atoms with Gasteiger partial charge in [0.15, 0.2) is 5.82 Å². The zero-order chi connectivity index (χ0) is 17.4. The molecule has 2 atom stereocenters. The number of amides is 2. The van der Waals surface area contributed by atoms with Crippen LogP contribution >= 0.6 is 0 Å². The van der Waals surface area contributed by atoms with Gasteiger partial charge in [-0.05, 0) is 18.8 Å². The SMILES string of the molecule is CCc1nc([C@H]2CN(C(=O)[C@@H]3CC(=O)N(CC4CC4)C3)CCO2)n[nH]1. The summed E-state index contributed by atoms with van der Waals surface area (Å²) in [5.41, 5.74) is 0. The molecular weight excluding hydrogens is 322 g/mol. The second-order valence-corrected chi connectivity index (χ2v) is 7.28. The summed E-state index contributed by atoms with van der Waals surface area (Å²) < 4.78 is 5.75. The normalized spacial score (nSPS) is 27.2. The maximum atomic E-state index is 12.9. The van der Waals surface area contributed by atoms with Crippen LogP contribution in [0.25, 0.3) is 0 Å². The van der Waals surface area contributed by atoms with Crippen molar-refractivity contribution < 1.29 is 14.3 Å². The van der Waals surface area contributed by atoms with E-state index in [0.29, 0.717) is 44.4 Å². The molecule has 2 saturated heterocycles. The van der Waals surface area contributed by atoms with Crippen LogP contribution in [-0.4, -0.2) is 69.6 Å². The monoisotopic (exact) mass is 347 g/mol. The number of aromatic nitrogens is 3. The summed E-state index contributed by atoms with van der Waals surface area (Å²) >= 11 is 0. The fourth-order valence-corrected chi connectivity index (χ4v) is 3.60. The fourth-order valence-electron chi connectivity index (χ4n) is 3.60. The van der Waals surface area contributed by atoms with Gasteiger partial charge in [0.25, 0.3) is 0 Å². The lowest BCUT2D eigenvalue weighted by Crippen LogP contribution is -2.45. The second-order valence-electron chi connectivity index (χ2n) is 7.28. The van der Waals surface area contributed by atoms with Gasteiger partial charge in [-0.25, -0.2) is 4.98 Å². The third-order valence-electron chi connectivity index (χ3n) is 5.29. The molecule has 1 saturated carbocycles. The molecule has 0 radical (unpaired) electrons. The third-order valence-corrected chi connectivity index (χ3v) is 5.29. The van der Waals surface area contributed by atoms with Crippen LogP contribution in [0.5, 0.6) is 0 Å². The summed E-state index contributed by atoms with van der Waals surface area (Å²) in [7, 11) is 0. The Labute approximate surface area is 146 Å². The van der Waals surface area contributed by atoms with Crippen molar-refractivity contribution in [1.82, 2.24) is 25.0 Å². The summed E-state index contributed by atoms with van der Waals surface area (Å²) in [6, 6.07) is 0. The Kier molecular flexibility index (Phi) is 4.45. The smallest absolute Gasteiger partial charge is 0.228 e. The first-order valence-corrected chi connectivity index (χ1v) is 9.23. The van der Waals surface area contributed by atoms with Crippen LogP contribution in [0.1, 0.15) is 43.9 Å². The van der Waals surface area contributed by atoms with Crippen molar-refractivity contribution in [3.8, 4) is 0 Å². The molecule has 3 heterocycles. The van der Waals surface area contributed by atoms with Crippen molar-refractivity contribution in [1.29, 1.82) is 0 Å². The number of hydrogen-bond acceptors (Lipinski definition) is 5. The summed E-state index contributed by atoms with van der Waals surface area (Å²) in [6.07, 6.45) is 3.25. The van der Waals surface area contributed by atoms with Crippen LogP contribution in [0.3, 0.4) is 0 Å². The Morgan fingerprint density at radius 1 is 1.36 bits per heavy atom. The predicted octanol–water partition coefficient (Wildman–Crippen LogP) is 0.526. The van der Waals surface area contributed by atoms with Crippen molar-refractivity contribution in [3.05, 3.63) is 11.6 Å². The molecular formula is C17H25N5O3. The molecule has 1 aromatic heterocycles. The Balaban J connectivity index is 1.37. The highest BCUT2D eigenvalue weighted by Crippen LogP contribution is 2.32. The maximum absolute atomic E-state index is 12.9. The summed E-state index contributed by atoms with van der Waals surface area (Å²) in [6.45, 7) is 4.88. The molecule has 1 aromatic rings. The molecule has 3 fully saturated rings. The van der Waals surface area contributed by atoms with Gasteiger partial charge in [0, 0.05) is 32.5 Å². The molecule has 8 nitrogen and oxygen atoms in total. The first-order chi connectivity index (χ1) is 12.1. The number of ether oxygens (including phenoxy) is 1. The van der Waals surface area contributed by atoms with Gasteiger partial charge in [-0.15, -0.1) is 0 Å². The van der Waals surface area contributed by atoms with Gasteiger partial charge in [-0.3, -0.25) is 14.7 Å². The van der Waals surface area contributed by atoms with Crippen molar-refractivity contribution in [2.75, 3.05) is 32.8 Å². The van der Waals surface area contributed by atoms with E-state index in [1.54, 1.807) is 0 Å². The van der Waals surface area contributed by atoms with Crippen LogP contribution in [0.4, 0.5) is 0 Å². The van der Waals surface area contributed by atoms with Crippen LogP contribution in [-0.2, 0) is 20.7 Å². The van der Waals surface area contributed by atoms with Gasteiger partial charge in [0.05, 0.1) is 19.1 Å². The average molecular weight is 347 g/mol. The molecule has 8 heteroatoms. The number of likely N-dealkylation sites (tertiary alicyclic amines) is 1. The maximum Gasteiger partial charge on any atom is 0.228 e. The number of aryl methyl sites for hydroxylation is 1. The number of morpholine rings is 1. The Bertz CT molecular complexity index is 656. The fraction of sp³-hybridized carbons (Fsp3) is 0.765. The van der Waals surface area contributed by atoms with Crippen LogP contribution < -0.4 is 0 Å². The van der Waals surface area contributed by atoms with E-state index in [-0.39, 0.29) is 23.8 Å². The molecule has 25 heavy (non-hydrogen) atoms. The van der Waals surface area contributed by atoms with E-state index in [0.717, 1.165) is 18.8 Å². The predicted molar refractivity (Wildman–Crippen MR) is 88.4 cm³/mol. The van der Waals surface area contributed by atoms with E-state index in [9.17, 15) is 9.59 Å². The van der Waals surface area contributed by atoms with E-state index in [2.05, 4.69) is 15.2 Å². The zero-order valence-electron chi connectivity index (χ0n) is 14.6. The molecule has 4 rings (SSSR count). The Morgan fingerprint density at radius 2 is 2.20 bits per heavy atom. The van der Waals surface area contributed by atoms with Crippen molar-refractivity contribution in [3.63, 3.8) is 0 Å². The number of rotatable bonds is 5. The minimum Gasteiger partial charge on any atom is -0.366 e. The lowest BCUT2D eigenvalue weighted by atomic mass is 10.1. The van der Waals surface area contributed by atoms with Gasteiger partial charge < -0.3 is 14.5 Å². The number of H-pyrrole nitrogens is 1. The molecule has 0 aromatic carbocycles. The minimum atomic E-state index is -0.297.